The summed E-state index contributed by atoms with van der Waals surface area (Å²) in [4.78, 5) is 0. The van der Waals surface area contributed by atoms with Gasteiger partial charge in [-0.25, -0.2) is 4.39 Å². The van der Waals surface area contributed by atoms with Crippen LogP contribution < -0.4 is 5.32 Å². The molecule has 1 aromatic rings. The van der Waals surface area contributed by atoms with E-state index in [0.717, 1.165) is 30.6 Å². The highest BCUT2D eigenvalue weighted by Gasteiger charge is 2.21. The van der Waals surface area contributed by atoms with Crippen molar-refractivity contribution in [2.45, 2.75) is 19.3 Å². The third-order valence-corrected chi connectivity index (χ3v) is 2.98. The van der Waals surface area contributed by atoms with Gasteiger partial charge in [-0.2, -0.15) is 0 Å². The molecule has 1 N–H and O–H groups in total. The minimum absolute atomic E-state index is 0.242. The SMILES string of the molecule is Cc1cc(Cl)c(F)c(C2CCNC2)c1. The zero-order valence-corrected chi connectivity index (χ0v) is 8.87. The maximum Gasteiger partial charge on any atom is 0.145 e. The van der Waals surface area contributed by atoms with Crippen LogP contribution in [0.2, 0.25) is 5.02 Å². The molecule has 1 atom stereocenters. The van der Waals surface area contributed by atoms with Crippen molar-refractivity contribution in [3.63, 3.8) is 0 Å². The molecular formula is C11H13ClFN. The lowest BCUT2D eigenvalue weighted by Gasteiger charge is -2.12. The minimum Gasteiger partial charge on any atom is -0.316 e. The van der Waals surface area contributed by atoms with Gasteiger partial charge in [0.25, 0.3) is 0 Å². The van der Waals surface area contributed by atoms with Gasteiger partial charge in [-0.3, -0.25) is 0 Å². The molecule has 0 saturated carbocycles. The predicted octanol–water partition coefficient (Wildman–Crippen LogP) is 2.86. The third-order valence-electron chi connectivity index (χ3n) is 2.70. The number of nitrogens with one attached hydrogen (secondary N) is 1. The first-order valence-electron chi connectivity index (χ1n) is 4.84. The van der Waals surface area contributed by atoms with Crippen LogP contribution in [0.3, 0.4) is 0 Å². The topological polar surface area (TPSA) is 12.0 Å². The monoisotopic (exact) mass is 213 g/mol. The van der Waals surface area contributed by atoms with E-state index >= 15 is 0 Å². The van der Waals surface area contributed by atoms with Crippen LogP contribution >= 0.6 is 11.6 Å². The second-order valence-electron chi connectivity index (χ2n) is 3.84. The number of aryl methyl sites for hydroxylation is 1. The lowest BCUT2D eigenvalue weighted by atomic mass is 9.96. The second kappa shape index (κ2) is 3.87. The van der Waals surface area contributed by atoms with E-state index in [1.54, 1.807) is 6.07 Å². The van der Waals surface area contributed by atoms with Crippen molar-refractivity contribution in [1.82, 2.24) is 5.32 Å². The van der Waals surface area contributed by atoms with Crippen LogP contribution in [0.4, 0.5) is 4.39 Å². The number of hydrogen-bond donors (Lipinski definition) is 1. The molecule has 76 valence electrons. The van der Waals surface area contributed by atoms with Gasteiger partial charge in [0.1, 0.15) is 5.82 Å². The first-order valence-corrected chi connectivity index (χ1v) is 5.22. The van der Waals surface area contributed by atoms with Crippen molar-refractivity contribution in [2.24, 2.45) is 0 Å². The average molecular weight is 214 g/mol. The second-order valence-corrected chi connectivity index (χ2v) is 4.25. The van der Waals surface area contributed by atoms with Crippen LogP contribution in [0.15, 0.2) is 12.1 Å². The summed E-state index contributed by atoms with van der Waals surface area (Å²) in [7, 11) is 0. The van der Waals surface area contributed by atoms with Crippen LogP contribution in [0, 0.1) is 12.7 Å². The maximum atomic E-state index is 13.7. The quantitative estimate of drug-likeness (QED) is 0.757. The average Bonchev–Trinajstić information content (AvgIpc) is 2.63. The molecule has 0 bridgehead atoms. The van der Waals surface area contributed by atoms with Crippen molar-refractivity contribution in [1.29, 1.82) is 0 Å². The van der Waals surface area contributed by atoms with Gasteiger partial charge >= 0.3 is 0 Å². The maximum absolute atomic E-state index is 13.7. The van der Waals surface area contributed by atoms with Gasteiger partial charge in [0.15, 0.2) is 0 Å². The number of hydrogen-bond acceptors (Lipinski definition) is 1. The normalized spacial score (nSPS) is 21.5. The van der Waals surface area contributed by atoms with Crippen molar-refractivity contribution in [3.8, 4) is 0 Å². The highest BCUT2D eigenvalue weighted by Crippen LogP contribution is 2.29. The third kappa shape index (κ3) is 1.77. The Morgan fingerprint density at radius 2 is 2.29 bits per heavy atom. The molecule has 1 nitrogen and oxygen atoms in total. The van der Waals surface area contributed by atoms with Crippen LogP contribution in [-0.4, -0.2) is 13.1 Å². The van der Waals surface area contributed by atoms with E-state index in [2.05, 4.69) is 5.32 Å². The van der Waals surface area contributed by atoms with Crippen molar-refractivity contribution in [3.05, 3.63) is 34.1 Å². The molecule has 0 amide bonds. The summed E-state index contributed by atoms with van der Waals surface area (Å²) in [6.45, 7) is 3.77. The molecule has 1 aromatic carbocycles. The smallest absolute Gasteiger partial charge is 0.145 e. The Kier molecular flexibility index (Phi) is 2.75. The molecule has 1 aliphatic rings. The zero-order valence-electron chi connectivity index (χ0n) is 8.11. The number of rotatable bonds is 1. The predicted molar refractivity (Wildman–Crippen MR) is 56.4 cm³/mol. The Bertz CT molecular complexity index is 345. The Balaban J connectivity index is 2.40. The highest BCUT2D eigenvalue weighted by molar-refractivity contribution is 6.30. The van der Waals surface area contributed by atoms with Crippen molar-refractivity contribution < 1.29 is 4.39 Å². The zero-order chi connectivity index (χ0) is 10.1. The molecule has 0 spiro atoms. The fourth-order valence-electron chi connectivity index (χ4n) is 1.97. The van der Waals surface area contributed by atoms with Crippen molar-refractivity contribution in [2.75, 3.05) is 13.1 Å². The standard InChI is InChI=1S/C11H13ClFN/c1-7-4-9(8-2-3-14-6-8)11(13)10(12)5-7/h4-5,8,14H,2-3,6H2,1H3. The summed E-state index contributed by atoms with van der Waals surface area (Å²) >= 11 is 5.80. The Labute approximate surface area is 88.3 Å². The highest BCUT2D eigenvalue weighted by atomic mass is 35.5. The Morgan fingerprint density at radius 3 is 2.93 bits per heavy atom. The molecule has 0 aromatic heterocycles. The molecule has 1 unspecified atom stereocenters. The molecular weight excluding hydrogens is 201 g/mol. The molecule has 1 heterocycles. The first kappa shape index (κ1) is 9.94. The molecule has 14 heavy (non-hydrogen) atoms. The number of benzene rings is 1. The van der Waals surface area contributed by atoms with Crippen LogP contribution in [0.5, 0.6) is 0 Å². The molecule has 1 aliphatic heterocycles. The van der Waals surface area contributed by atoms with Gasteiger partial charge in [-0.1, -0.05) is 17.7 Å². The van der Waals surface area contributed by atoms with Gasteiger partial charge in [0, 0.05) is 12.5 Å². The van der Waals surface area contributed by atoms with E-state index < -0.39 is 0 Å². The van der Waals surface area contributed by atoms with Gasteiger partial charge in [0.2, 0.25) is 0 Å². The fraction of sp³-hybridized carbons (Fsp3) is 0.455. The van der Waals surface area contributed by atoms with Gasteiger partial charge < -0.3 is 5.32 Å². The summed E-state index contributed by atoms with van der Waals surface area (Å²) in [5, 5.41) is 3.47. The van der Waals surface area contributed by atoms with E-state index in [-0.39, 0.29) is 16.8 Å². The van der Waals surface area contributed by atoms with Crippen LogP contribution in [0.1, 0.15) is 23.5 Å². The summed E-state index contributed by atoms with van der Waals surface area (Å²) < 4.78 is 13.7. The molecule has 1 saturated heterocycles. The molecule has 0 radical (unpaired) electrons. The largest absolute Gasteiger partial charge is 0.316 e. The minimum atomic E-state index is -0.244. The first-order chi connectivity index (χ1) is 6.68. The number of halogens is 2. The Morgan fingerprint density at radius 1 is 1.50 bits per heavy atom. The van der Waals surface area contributed by atoms with Crippen LogP contribution in [-0.2, 0) is 0 Å². The van der Waals surface area contributed by atoms with Crippen molar-refractivity contribution >= 4 is 11.6 Å². The molecule has 0 aliphatic carbocycles. The summed E-state index contributed by atoms with van der Waals surface area (Å²) in [6, 6.07) is 3.57. The molecule has 3 heteroatoms. The lowest BCUT2D eigenvalue weighted by molar-refractivity contribution is 0.588. The fourth-order valence-corrected chi connectivity index (χ4v) is 2.25. The summed E-state index contributed by atoms with van der Waals surface area (Å²) in [5.74, 6) is 0.0402. The van der Waals surface area contributed by atoms with E-state index in [0.29, 0.717) is 0 Å². The van der Waals surface area contributed by atoms with E-state index in [4.69, 9.17) is 11.6 Å². The lowest BCUT2D eigenvalue weighted by Crippen LogP contribution is -2.09. The van der Waals surface area contributed by atoms with E-state index in [9.17, 15) is 4.39 Å². The van der Waals surface area contributed by atoms with Gasteiger partial charge in [-0.05, 0) is 37.1 Å². The van der Waals surface area contributed by atoms with Gasteiger partial charge in [0.05, 0.1) is 5.02 Å². The van der Waals surface area contributed by atoms with Gasteiger partial charge in [-0.15, -0.1) is 0 Å². The van der Waals surface area contributed by atoms with Crippen LogP contribution in [0.25, 0.3) is 0 Å². The summed E-state index contributed by atoms with van der Waals surface area (Å²) in [6.07, 6.45) is 0.997. The van der Waals surface area contributed by atoms with E-state index in [1.807, 2.05) is 13.0 Å². The molecule has 1 fully saturated rings. The Hall–Kier alpha value is -0.600. The van der Waals surface area contributed by atoms with E-state index in [1.165, 1.54) is 0 Å². The summed E-state index contributed by atoms with van der Waals surface area (Å²) in [5.41, 5.74) is 1.79. The molecule has 2 rings (SSSR count).